The second-order valence-electron chi connectivity index (χ2n) is 3.41. The highest BCUT2D eigenvalue weighted by Gasteiger charge is 2.00. The van der Waals surface area contributed by atoms with Gasteiger partial charge in [0.25, 0.3) is 0 Å². The van der Waals surface area contributed by atoms with E-state index in [1.807, 2.05) is 0 Å². The summed E-state index contributed by atoms with van der Waals surface area (Å²) < 4.78 is 38.3. The first-order valence-corrected chi connectivity index (χ1v) is 4.90. The van der Waals surface area contributed by atoms with Gasteiger partial charge in [-0.2, -0.15) is 0 Å². The Balaban J connectivity index is 2.23. The van der Waals surface area contributed by atoms with Crippen LogP contribution in [0.25, 0.3) is 0 Å². The molecule has 0 unspecified atom stereocenters. The summed E-state index contributed by atoms with van der Waals surface area (Å²) in [4.78, 5) is 3.95. The fraction of sp³-hybridized carbons (Fsp3) is 0. The van der Waals surface area contributed by atoms with E-state index in [4.69, 9.17) is 0 Å². The van der Waals surface area contributed by atoms with Gasteiger partial charge >= 0.3 is 0 Å². The van der Waals surface area contributed by atoms with Crippen molar-refractivity contribution < 1.29 is 13.2 Å². The van der Waals surface area contributed by atoms with Gasteiger partial charge in [-0.05, 0) is 35.9 Å². The highest BCUT2D eigenvalue weighted by molar-refractivity contribution is 5.81. The molecule has 0 amide bonds. The summed E-state index contributed by atoms with van der Waals surface area (Å²) in [5.74, 6) is -2.24. The molecule has 0 saturated heterocycles. The zero-order chi connectivity index (χ0) is 12.3. The summed E-state index contributed by atoms with van der Waals surface area (Å²) in [5, 5.41) is 0. The first-order chi connectivity index (χ1) is 8.15. The minimum Gasteiger partial charge on any atom is -0.256 e. The van der Waals surface area contributed by atoms with E-state index in [9.17, 15) is 13.2 Å². The molecule has 17 heavy (non-hydrogen) atoms. The van der Waals surface area contributed by atoms with Gasteiger partial charge in [0, 0.05) is 6.21 Å². The van der Waals surface area contributed by atoms with Crippen molar-refractivity contribution in [2.24, 2.45) is 4.99 Å². The number of benzene rings is 2. The SMILES string of the molecule is Fc1cccc(N=Cc2ccc(F)c(F)c2)c1. The van der Waals surface area contributed by atoms with Crippen LogP contribution in [0.15, 0.2) is 47.5 Å². The molecule has 2 aromatic carbocycles. The van der Waals surface area contributed by atoms with Crippen LogP contribution in [-0.2, 0) is 0 Å². The molecule has 86 valence electrons. The van der Waals surface area contributed by atoms with Gasteiger partial charge in [0.15, 0.2) is 11.6 Å². The Hall–Kier alpha value is -2.10. The molecule has 0 N–H and O–H groups in total. The largest absolute Gasteiger partial charge is 0.256 e. The second kappa shape index (κ2) is 4.82. The fourth-order valence-corrected chi connectivity index (χ4v) is 1.30. The fourth-order valence-electron chi connectivity index (χ4n) is 1.30. The van der Waals surface area contributed by atoms with Crippen LogP contribution in [0.4, 0.5) is 18.9 Å². The van der Waals surface area contributed by atoms with Crippen molar-refractivity contribution in [1.29, 1.82) is 0 Å². The van der Waals surface area contributed by atoms with Gasteiger partial charge in [0.05, 0.1) is 5.69 Å². The number of rotatable bonds is 2. The Labute approximate surface area is 96.2 Å². The van der Waals surface area contributed by atoms with Crippen molar-refractivity contribution in [2.75, 3.05) is 0 Å². The van der Waals surface area contributed by atoms with Gasteiger partial charge in [-0.3, -0.25) is 4.99 Å². The number of nitrogens with zero attached hydrogens (tertiary/aromatic N) is 1. The third kappa shape index (κ3) is 2.93. The van der Waals surface area contributed by atoms with Crippen LogP contribution < -0.4 is 0 Å². The van der Waals surface area contributed by atoms with E-state index in [0.29, 0.717) is 11.3 Å². The molecule has 1 nitrogen and oxygen atoms in total. The Kier molecular flexibility index (Phi) is 3.23. The topological polar surface area (TPSA) is 12.4 Å². The highest BCUT2D eigenvalue weighted by atomic mass is 19.2. The summed E-state index contributed by atoms with van der Waals surface area (Å²) in [6, 6.07) is 9.11. The Bertz CT molecular complexity index is 564. The lowest BCUT2D eigenvalue weighted by Crippen LogP contribution is -1.87. The van der Waals surface area contributed by atoms with Crippen molar-refractivity contribution in [3.8, 4) is 0 Å². The normalized spacial score (nSPS) is 11.0. The predicted molar refractivity (Wildman–Crippen MR) is 60.0 cm³/mol. The van der Waals surface area contributed by atoms with E-state index >= 15 is 0 Å². The number of aliphatic imine (C=N–C) groups is 1. The quantitative estimate of drug-likeness (QED) is 0.701. The molecule has 0 fully saturated rings. The van der Waals surface area contributed by atoms with E-state index in [2.05, 4.69) is 4.99 Å². The maximum atomic E-state index is 12.9. The molecule has 2 aromatic rings. The van der Waals surface area contributed by atoms with Gasteiger partial charge in [-0.1, -0.05) is 12.1 Å². The lowest BCUT2D eigenvalue weighted by atomic mass is 10.2. The average molecular weight is 235 g/mol. The molecule has 2 rings (SSSR count). The molecule has 0 aliphatic heterocycles. The first-order valence-electron chi connectivity index (χ1n) is 4.90. The van der Waals surface area contributed by atoms with E-state index < -0.39 is 17.5 Å². The van der Waals surface area contributed by atoms with Crippen LogP contribution in [0.5, 0.6) is 0 Å². The lowest BCUT2D eigenvalue weighted by molar-refractivity contribution is 0.508. The zero-order valence-electron chi connectivity index (χ0n) is 8.70. The van der Waals surface area contributed by atoms with Crippen LogP contribution in [0, 0.1) is 17.5 Å². The van der Waals surface area contributed by atoms with Crippen molar-refractivity contribution in [2.45, 2.75) is 0 Å². The van der Waals surface area contributed by atoms with Crippen LogP contribution >= 0.6 is 0 Å². The number of hydrogen-bond donors (Lipinski definition) is 0. The van der Waals surface area contributed by atoms with Gasteiger partial charge in [0.2, 0.25) is 0 Å². The Morgan fingerprint density at radius 1 is 0.882 bits per heavy atom. The number of halogens is 3. The maximum Gasteiger partial charge on any atom is 0.159 e. The van der Waals surface area contributed by atoms with E-state index in [1.165, 1.54) is 30.5 Å². The van der Waals surface area contributed by atoms with Crippen molar-refractivity contribution >= 4 is 11.9 Å². The van der Waals surface area contributed by atoms with Crippen molar-refractivity contribution in [1.82, 2.24) is 0 Å². The molecule has 0 aliphatic rings. The zero-order valence-corrected chi connectivity index (χ0v) is 8.70. The summed E-state index contributed by atoms with van der Waals surface area (Å²) in [5.41, 5.74) is 0.822. The summed E-state index contributed by atoms with van der Waals surface area (Å²) >= 11 is 0. The van der Waals surface area contributed by atoms with E-state index in [1.54, 1.807) is 6.07 Å². The molecular weight excluding hydrogens is 227 g/mol. The van der Waals surface area contributed by atoms with Gasteiger partial charge in [-0.25, -0.2) is 13.2 Å². The summed E-state index contributed by atoms with van der Waals surface area (Å²) in [6.45, 7) is 0. The minimum absolute atomic E-state index is 0.398. The smallest absolute Gasteiger partial charge is 0.159 e. The average Bonchev–Trinajstić information content (AvgIpc) is 2.31. The molecule has 0 spiro atoms. The van der Waals surface area contributed by atoms with Crippen molar-refractivity contribution in [3.63, 3.8) is 0 Å². The second-order valence-corrected chi connectivity index (χ2v) is 3.41. The summed E-state index contributed by atoms with van der Waals surface area (Å²) in [6.07, 6.45) is 1.34. The third-order valence-corrected chi connectivity index (χ3v) is 2.11. The lowest BCUT2D eigenvalue weighted by Gasteiger charge is -1.96. The number of hydrogen-bond acceptors (Lipinski definition) is 1. The monoisotopic (exact) mass is 235 g/mol. The molecule has 0 aromatic heterocycles. The Morgan fingerprint density at radius 2 is 1.71 bits per heavy atom. The minimum atomic E-state index is -0.937. The summed E-state index contributed by atoms with van der Waals surface area (Å²) in [7, 11) is 0. The van der Waals surface area contributed by atoms with Crippen molar-refractivity contribution in [3.05, 3.63) is 65.5 Å². The first kappa shape index (κ1) is 11.4. The van der Waals surface area contributed by atoms with E-state index in [0.717, 1.165) is 12.1 Å². The molecule has 0 heterocycles. The molecule has 4 heteroatoms. The van der Waals surface area contributed by atoms with Gasteiger partial charge < -0.3 is 0 Å². The third-order valence-electron chi connectivity index (χ3n) is 2.11. The van der Waals surface area contributed by atoms with Crippen LogP contribution in [0.3, 0.4) is 0 Å². The van der Waals surface area contributed by atoms with E-state index in [-0.39, 0.29) is 0 Å². The van der Waals surface area contributed by atoms with Gasteiger partial charge in [0.1, 0.15) is 5.82 Å². The predicted octanol–water partition coefficient (Wildman–Crippen LogP) is 3.85. The van der Waals surface area contributed by atoms with Crippen LogP contribution in [-0.4, -0.2) is 6.21 Å². The molecule has 0 atom stereocenters. The maximum absolute atomic E-state index is 12.9. The molecular formula is C13H8F3N. The highest BCUT2D eigenvalue weighted by Crippen LogP contribution is 2.13. The Morgan fingerprint density at radius 3 is 2.41 bits per heavy atom. The molecule has 0 aliphatic carbocycles. The molecule has 0 saturated carbocycles. The molecule has 0 radical (unpaired) electrons. The van der Waals surface area contributed by atoms with Crippen LogP contribution in [0.1, 0.15) is 5.56 Å². The van der Waals surface area contributed by atoms with Crippen LogP contribution in [0.2, 0.25) is 0 Å². The standard InChI is InChI=1S/C13H8F3N/c14-10-2-1-3-11(7-10)17-8-9-4-5-12(15)13(16)6-9/h1-8H. The molecule has 0 bridgehead atoms. The van der Waals surface area contributed by atoms with Gasteiger partial charge in [-0.15, -0.1) is 0 Å².